The van der Waals surface area contributed by atoms with E-state index in [9.17, 15) is 14.4 Å². The molecule has 6 heteroatoms. The number of nitrogens with zero attached hydrogens (tertiary/aromatic N) is 1. The van der Waals surface area contributed by atoms with Crippen molar-refractivity contribution < 1.29 is 23.9 Å². The number of anilines is 1. The molecule has 0 spiro atoms. The predicted octanol–water partition coefficient (Wildman–Crippen LogP) is 3.78. The third-order valence-electron chi connectivity index (χ3n) is 4.08. The van der Waals surface area contributed by atoms with Crippen LogP contribution in [0.1, 0.15) is 43.1 Å². The Morgan fingerprint density at radius 2 is 1.52 bits per heavy atom. The van der Waals surface area contributed by atoms with Gasteiger partial charge in [-0.1, -0.05) is 36.4 Å². The van der Waals surface area contributed by atoms with Gasteiger partial charge in [0.2, 0.25) is 0 Å². The quantitative estimate of drug-likeness (QED) is 0.665. The van der Waals surface area contributed by atoms with Gasteiger partial charge in [-0.15, -0.1) is 0 Å². The molecule has 0 aromatic heterocycles. The minimum Gasteiger partial charge on any atom is -0.469 e. The Labute approximate surface area is 171 Å². The van der Waals surface area contributed by atoms with E-state index in [2.05, 4.69) is 0 Å². The average Bonchev–Trinajstić information content (AvgIpc) is 2.69. The summed E-state index contributed by atoms with van der Waals surface area (Å²) in [6.07, 6.45) is 0.559. The van der Waals surface area contributed by atoms with E-state index in [1.54, 1.807) is 57.2 Å². The van der Waals surface area contributed by atoms with Crippen molar-refractivity contribution in [3.8, 4) is 0 Å². The minimum absolute atomic E-state index is 0.174. The molecular formula is C23H27NO5. The first-order chi connectivity index (χ1) is 13.7. The molecule has 0 radical (unpaired) electrons. The Kier molecular flexibility index (Phi) is 7.53. The van der Waals surface area contributed by atoms with Crippen LogP contribution in [-0.2, 0) is 25.5 Å². The Morgan fingerprint density at radius 3 is 2.14 bits per heavy atom. The van der Waals surface area contributed by atoms with Crippen LogP contribution >= 0.6 is 0 Å². The maximum absolute atomic E-state index is 13.2. The lowest BCUT2D eigenvalue weighted by Gasteiger charge is -2.27. The fourth-order valence-corrected chi connectivity index (χ4v) is 2.83. The number of esters is 2. The number of ether oxygens (including phenoxy) is 2. The number of amides is 1. The summed E-state index contributed by atoms with van der Waals surface area (Å²) in [6, 6.07) is 16.0. The molecule has 0 aliphatic heterocycles. The highest BCUT2D eigenvalue weighted by Gasteiger charge is 2.26. The average molecular weight is 397 g/mol. The second-order valence-corrected chi connectivity index (χ2v) is 7.55. The molecule has 0 saturated heterocycles. The van der Waals surface area contributed by atoms with Crippen molar-refractivity contribution in [1.82, 2.24) is 0 Å². The fraction of sp³-hybridized carbons (Fsp3) is 0.348. The third kappa shape index (κ3) is 6.75. The summed E-state index contributed by atoms with van der Waals surface area (Å²) in [6.45, 7) is 5.09. The largest absolute Gasteiger partial charge is 0.469 e. The highest BCUT2D eigenvalue weighted by molar-refractivity contribution is 6.08. The van der Waals surface area contributed by atoms with Crippen molar-refractivity contribution in [2.24, 2.45) is 0 Å². The molecular weight excluding hydrogens is 370 g/mol. The van der Waals surface area contributed by atoms with Crippen molar-refractivity contribution in [1.29, 1.82) is 0 Å². The van der Waals surface area contributed by atoms with Crippen molar-refractivity contribution >= 4 is 23.5 Å². The van der Waals surface area contributed by atoms with E-state index in [1.165, 1.54) is 12.0 Å². The molecule has 0 saturated carbocycles. The van der Waals surface area contributed by atoms with Crippen LogP contribution in [-0.4, -0.2) is 37.1 Å². The van der Waals surface area contributed by atoms with Gasteiger partial charge in [-0.2, -0.15) is 0 Å². The lowest BCUT2D eigenvalue weighted by Crippen LogP contribution is -2.39. The third-order valence-corrected chi connectivity index (χ3v) is 4.08. The van der Waals surface area contributed by atoms with Crippen LogP contribution in [0.2, 0.25) is 0 Å². The van der Waals surface area contributed by atoms with Gasteiger partial charge < -0.3 is 9.47 Å². The smallest absolute Gasteiger partial charge is 0.326 e. The van der Waals surface area contributed by atoms with Gasteiger partial charge in [0.25, 0.3) is 5.91 Å². The number of benzene rings is 2. The fourth-order valence-electron chi connectivity index (χ4n) is 2.83. The Hall–Kier alpha value is -3.15. The van der Waals surface area contributed by atoms with Crippen LogP contribution < -0.4 is 4.90 Å². The van der Waals surface area contributed by atoms with Crippen LogP contribution in [0, 0.1) is 0 Å². The number of para-hydroxylation sites is 1. The highest BCUT2D eigenvalue weighted by Crippen LogP contribution is 2.24. The monoisotopic (exact) mass is 397 g/mol. The predicted molar refractivity (Wildman–Crippen MR) is 111 cm³/mol. The summed E-state index contributed by atoms with van der Waals surface area (Å²) in [4.78, 5) is 38.7. The molecule has 29 heavy (non-hydrogen) atoms. The number of hydrogen-bond donors (Lipinski definition) is 0. The standard InChI is InChI=1S/C23H27NO5/c1-23(2,3)29-21(26)16-24(22(27)18-11-6-5-7-12-18)19-13-9-8-10-17(19)14-15-20(25)28-4/h5-13H,14-16H2,1-4H3. The van der Waals surface area contributed by atoms with Gasteiger partial charge in [-0.3, -0.25) is 19.3 Å². The Bertz CT molecular complexity index is 855. The zero-order valence-corrected chi connectivity index (χ0v) is 17.3. The molecule has 0 N–H and O–H groups in total. The van der Waals surface area contributed by atoms with Crippen molar-refractivity contribution in [2.75, 3.05) is 18.6 Å². The molecule has 2 rings (SSSR count). The van der Waals surface area contributed by atoms with Gasteiger partial charge >= 0.3 is 11.9 Å². The first-order valence-electron chi connectivity index (χ1n) is 9.45. The maximum Gasteiger partial charge on any atom is 0.326 e. The number of carbonyl (C=O) groups excluding carboxylic acids is 3. The van der Waals surface area contributed by atoms with Crippen LogP contribution in [0.15, 0.2) is 54.6 Å². The number of aryl methyl sites for hydroxylation is 1. The summed E-state index contributed by atoms with van der Waals surface area (Å²) in [5.41, 5.74) is 1.13. The van der Waals surface area contributed by atoms with Crippen LogP contribution in [0.25, 0.3) is 0 Å². The van der Waals surface area contributed by atoms with E-state index in [0.29, 0.717) is 17.7 Å². The molecule has 0 aliphatic carbocycles. The van der Waals surface area contributed by atoms with E-state index in [-0.39, 0.29) is 24.8 Å². The summed E-state index contributed by atoms with van der Waals surface area (Å²) in [7, 11) is 1.34. The van der Waals surface area contributed by atoms with Gasteiger partial charge in [-0.25, -0.2) is 0 Å². The number of rotatable bonds is 7. The highest BCUT2D eigenvalue weighted by atomic mass is 16.6. The Balaban J connectivity index is 2.38. The molecule has 0 aliphatic rings. The second-order valence-electron chi connectivity index (χ2n) is 7.55. The van der Waals surface area contributed by atoms with E-state index in [0.717, 1.165) is 5.56 Å². The normalized spacial score (nSPS) is 10.9. The van der Waals surface area contributed by atoms with Crippen LogP contribution in [0.5, 0.6) is 0 Å². The molecule has 0 atom stereocenters. The van der Waals surface area contributed by atoms with Gasteiger partial charge in [0.15, 0.2) is 0 Å². The summed E-state index contributed by atoms with van der Waals surface area (Å²) in [5.74, 6) is -1.17. The van der Waals surface area contributed by atoms with Gasteiger partial charge in [0.05, 0.1) is 7.11 Å². The molecule has 0 bridgehead atoms. The first-order valence-corrected chi connectivity index (χ1v) is 9.45. The molecule has 0 unspecified atom stereocenters. The van der Waals surface area contributed by atoms with Gasteiger partial charge in [0, 0.05) is 17.7 Å². The van der Waals surface area contributed by atoms with Gasteiger partial charge in [-0.05, 0) is 51.0 Å². The molecule has 0 heterocycles. The zero-order chi connectivity index (χ0) is 21.4. The lowest BCUT2D eigenvalue weighted by molar-refractivity contribution is -0.153. The molecule has 154 valence electrons. The number of carbonyl (C=O) groups is 3. The maximum atomic E-state index is 13.2. The number of hydrogen-bond acceptors (Lipinski definition) is 5. The summed E-state index contributed by atoms with van der Waals surface area (Å²) < 4.78 is 10.1. The molecule has 2 aromatic carbocycles. The summed E-state index contributed by atoms with van der Waals surface area (Å²) in [5, 5.41) is 0. The van der Waals surface area contributed by atoms with Crippen molar-refractivity contribution in [2.45, 2.75) is 39.2 Å². The minimum atomic E-state index is -0.664. The van der Waals surface area contributed by atoms with E-state index < -0.39 is 11.6 Å². The van der Waals surface area contributed by atoms with Crippen molar-refractivity contribution in [3.63, 3.8) is 0 Å². The number of methoxy groups -OCH3 is 1. The Morgan fingerprint density at radius 1 is 0.897 bits per heavy atom. The molecule has 6 nitrogen and oxygen atoms in total. The van der Waals surface area contributed by atoms with E-state index in [4.69, 9.17) is 9.47 Å². The molecule has 0 fully saturated rings. The van der Waals surface area contributed by atoms with Crippen LogP contribution in [0.3, 0.4) is 0 Å². The van der Waals surface area contributed by atoms with Crippen molar-refractivity contribution in [3.05, 3.63) is 65.7 Å². The topological polar surface area (TPSA) is 72.9 Å². The zero-order valence-electron chi connectivity index (χ0n) is 17.3. The van der Waals surface area contributed by atoms with Gasteiger partial charge in [0.1, 0.15) is 12.1 Å². The van der Waals surface area contributed by atoms with E-state index in [1.807, 2.05) is 18.2 Å². The van der Waals surface area contributed by atoms with E-state index >= 15 is 0 Å². The lowest BCUT2D eigenvalue weighted by atomic mass is 10.1. The molecule has 1 amide bonds. The summed E-state index contributed by atoms with van der Waals surface area (Å²) >= 11 is 0. The molecule has 2 aromatic rings. The second kappa shape index (κ2) is 9.87. The SMILES string of the molecule is COC(=O)CCc1ccccc1N(CC(=O)OC(C)(C)C)C(=O)c1ccccc1. The van der Waals surface area contributed by atoms with Crippen LogP contribution in [0.4, 0.5) is 5.69 Å². The first kappa shape index (κ1) is 22.1.